The third-order valence-corrected chi connectivity index (χ3v) is 3.57. The Morgan fingerprint density at radius 2 is 1.95 bits per heavy atom. The zero-order chi connectivity index (χ0) is 15.1. The molecular weight excluding hydrogens is 262 g/mol. The zero-order valence-corrected chi connectivity index (χ0v) is 11.8. The van der Waals surface area contributed by atoms with Crippen molar-refractivity contribution in [1.82, 2.24) is 10.2 Å². The molecule has 1 aliphatic rings. The Kier molecular flexibility index (Phi) is 6.27. The van der Waals surface area contributed by atoms with Gasteiger partial charge in [0.25, 0.3) is 0 Å². The molecular formula is C13H23N3O4. The van der Waals surface area contributed by atoms with Crippen LogP contribution in [0.4, 0.5) is 4.79 Å². The third kappa shape index (κ3) is 5.07. The Morgan fingerprint density at radius 1 is 1.35 bits per heavy atom. The summed E-state index contributed by atoms with van der Waals surface area (Å²) in [6.45, 7) is 2.90. The van der Waals surface area contributed by atoms with Crippen LogP contribution in [0.5, 0.6) is 0 Å². The Balaban J connectivity index is 2.45. The summed E-state index contributed by atoms with van der Waals surface area (Å²) < 4.78 is 0. The number of likely N-dealkylation sites (tertiary alicyclic amines) is 1. The normalized spacial score (nSPS) is 17.6. The summed E-state index contributed by atoms with van der Waals surface area (Å²) in [7, 11) is 0. The van der Waals surface area contributed by atoms with Gasteiger partial charge in [-0.1, -0.05) is 13.3 Å². The number of hydrogen-bond donors (Lipinski definition) is 3. The van der Waals surface area contributed by atoms with Gasteiger partial charge < -0.3 is 21.1 Å². The van der Waals surface area contributed by atoms with Gasteiger partial charge in [0.1, 0.15) is 0 Å². The molecule has 1 fully saturated rings. The van der Waals surface area contributed by atoms with Crippen molar-refractivity contribution in [2.45, 2.75) is 45.1 Å². The maximum Gasteiger partial charge on any atom is 0.317 e. The number of carbonyl (C=O) groups excluding carboxylic acids is 2. The zero-order valence-electron chi connectivity index (χ0n) is 11.8. The molecule has 0 spiro atoms. The predicted molar refractivity (Wildman–Crippen MR) is 73.0 cm³/mol. The molecule has 0 aromatic heterocycles. The molecule has 1 atom stereocenters. The van der Waals surface area contributed by atoms with E-state index in [0.29, 0.717) is 32.4 Å². The Bertz CT molecular complexity index is 365. The van der Waals surface area contributed by atoms with E-state index >= 15 is 0 Å². The molecule has 4 N–H and O–H groups in total. The first-order valence-electron chi connectivity index (χ1n) is 7.00. The second kappa shape index (κ2) is 7.72. The lowest BCUT2D eigenvalue weighted by Crippen LogP contribution is -2.49. The molecule has 1 unspecified atom stereocenters. The van der Waals surface area contributed by atoms with Gasteiger partial charge in [0.2, 0.25) is 5.91 Å². The number of aliphatic carboxylic acids is 1. The highest BCUT2D eigenvalue weighted by Gasteiger charge is 2.27. The fourth-order valence-corrected chi connectivity index (χ4v) is 2.42. The van der Waals surface area contributed by atoms with Gasteiger partial charge in [0.05, 0.1) is 6.42 Å². The minimum Gasteiger partial charge on any atom is -0.481 e. The van der Waals surface area contributed by atoms with Crippen molar-refractivity contribution < 1.29 is 19.5 Å². The SMILES string of the molecule is CCCC(CC(=O)O)NC(=O)N1CCC(C(N)=O)CC1. The molecule has 1 heterocycles. The minimum atomic E-state index is -0.920. The molecule has 1 rings (SSSR count). The first kappa shape index (κ1) is 16.3. The maximum absolute atomic E-state index is 12.0. The lowest BCUT2D eigenvalue weighted by molar-refractivity contribution is -0.137. The number of carboxylic acids is 1. The predicted octanol–water partition coefficient (Wildman–Crippen LogP) is 0.537. The van der Waals surface area contributed by atoms with Gasteiger partial charge >= 0.3 is 12.0 Å². The average Bonchev–Trinajstić information content (AvgIpc) is 2.38. The number of nitrogens with one attached hydrogen (secondary N) is 1. The molecule has 0 aromatic rings. The first-order chi connectivity index (χ1) is 9.43. The van der Waals surface area contributed by atoms with Crippen LogP contribution in [0.15, 0.2) is 0 Å². The number of primary amides is 1. The Hall–Kier alpha value is -1.79. The van der Waals surface area contributed by atoms with Crippen molar-refractivity contribution in [3.8, 4) is 0 Å². The summed E-state index contributed by atoms with van der Waals surface area (Å²) in [5.41, 5.74) is 5.24. The van der Waals surface area contributed by atoms with Crippen LogP contribution in [0.25, 0.3) is 0 Å². The van der Waals surface area contributed by atoms with E-state index in [-0.39, 0.29) is 30.3 Å². The van der Waals surface area contributed by atoms with Crippen molar-refractivity contribution in [2.24, 2.45) is 11.7 Å². The number of carbonyl (C=O) groups is 3. The van der Waals surface area contributed by atoms with Crippen molar-refractivity contribution in [3.05, 3.63) is 0 Å². The number of amides is 3. The standard InChI is InChI=1S/C13H23N3O4/c1-2-3-10(8-11(17)18)15-13(20)16-6-4-9(5-7-16)12(14)19/h9-10H,2-8H2,1H3,(H2,14,19)(H,15,20)(H,17,18). The van der Waals surface area contributed by atoms with Crippen molar-refractivity contribution >= 4 is 17.9 Å². The largest absolute Gasteiger partial charge is 0.481 e. The maximum atomic E-state index is 12.0. The van der Waals surface area contributed by atoms with Gasteiger partial charge in [-0.3, -0.25) is 9.59 Å². The second-order valence-electron chi connectivity index (χ2n) is 5.20. The number of rotatable bonds is 6. The van der Waals surface area contributed by atoms with Crippen LogP contribution in [0.1, 0.15) is 39.0 Å². The highest BCUT2D eigenvalue weighted by atomic mass is 16.4. The van der Waals surface area contributed by atoms with Gasteiger partial charge in [-0.25, -0.2) is 4.79 Å². The molecule has 7 heteroatoms. The average molecular weight is 285 g/mol. The van der Waals surface area contributed by atoms with E-state index in [0.717, 1.165) is 6.42 Å². The number of carboxylic acid groups (broad SMARTS) is 1. The lowest BCUT2D eigenvalue weighted by atomic mass is 9.96. The van der Waals surface area contributed by atoms with Crippen LogP contribution in [0.3, 0.4) is 0 Å². The van der Waals surface area contributed by atoms with E-state index < -0.39 is 5.97 Å². The smallest absolute Gasteiger partial charge is 0.317 e. The molecule has 0 aliphatic carbocycles. The molecule has 3 amide bonds. The monoisotopic (exact) mass is 285 g/mol. The highest BCUT2D eigenvalue weighted by molar-refractivity contribution is 5.78. The molecule has 0 aromatic carbocycles. The molecule has 7 nitrogen and oxygen atoms in total. The van der Waals surface area contributed by atoms with E-state index in [1.165, 1.54) is 0 Å². The molecule has 0 radical (unpaired) electrons. The van der Waals surface area contributed by atoms with Gasteiger partial charge in [0.15, 0.2) is 0 Å². The second-order valence-corrected chi connectivity index (χ2v) is 5.20. The molecule has 114 valence electrons. The topological polar surface area (TPSA) is 113 Å². The summed E-state index contributed by atoms with van der Waals surface area (Å²) in [5, 5.41) is 11.6. The van der Waals surface area contributed by atoms with Gasteiger partial charge in [-0.05, 0) is 19.3 Å². The number of hydrogen-bond acceptors (Lipinski definition) is 3. The van der Waals surface area contributed by atoms with Crippen LogP contribution >= 0.6 is 0 Å². The summed E-state index contributed by atoms with van der Waals surface area (Å²) in [6.07, 6.45) is 2.51. The van der Waals surface area contributed by atoms with Gasteiger partial charge in [0, 0.05) is 25.0 Å². The van der Waals surface area contributed by atoms with Crippen molar-refractivity contribution in [3.63, 3.8) is 0 Å². The summed E-state index contributed by atoms with van der Waals surface area (Å²) in [4.78, 5) is 35.5. The van der Waals surface area contributed by atoms with Crippen LogP contribution in [-0.4, -0.2) is 47.0 Å². The highest BCUT2D eigenvalue weighted by Crippen LogP contribution is 2.17. The number of piperidine rings is 1. The fraction of sp³-hybridized carbons (Fsp3) is 0.769. The summed E-state index contributed by atoms with van der Waals surface area (Å²) >= 11 is 0. The molecule has 0 bridgehead atoms. The third-order valence-electron chi connectivity index (χ3n) is 3.57. The fourth-order valence-electron chi connectivity index (χ4n) is 2.42. The van der Waals surface area contributed by atoms with E-state index in [9.17, 15) is 14.4 Å². The van der Waals surface area contributed by atoms with E-state index in [1.807, 2.05) is 6.92 Å². The van der Waals surface area contributed by atoms with Crippen molar-refractivity contribution in [1.29, 1.82) is 0 Å². The van der Waals surface area contributed by atoms with Gasteiger partial charge in [-0.15, -0.1) is 0 Å². The molecule has 1 saturated heterocycles. The lowest BCUT2D eigenvalue weighted by Gasteiger charge is -2.32. The van der Waals surface area contributed by atoms with Crippen LogP contribution < -0.4 is 11.1 Å². The Morgan fingerprint density at radius 3 is 2.40 bits per heavy atom. The van der Waals surface area contributed by atoms with E-state index in [2.05, 4.69) is 5.32 Å². The Labute approximate surface area is 118 Å². The number of urea groups is 1. The van der Waals surface area contributed by atoms with Crippen LogP contribution in [0.2, 0.25) is 0 Å². The van der Waals surface area contributed by atoms with E-state index in [1.54, 1.807) is 4.90 Å². The van der Waals surface area contributed by atoms with Crippen LogP contribution in [-0.2, 0) is 9.59 Å². The van der Waals surface area contributed by atoms with Crippen molar-refractivity contribution in [2.75, 3.05) is 13.1 Å². The van der Waals surface area contributed by atoms with Crippen LogP contribution in [0, 0.1) is 5.92 Å². The number of nitrogens with zero attached hydrogens (tertiary/aromatic N) is 1. The quantitative estimate of drug-likeness (QED) is 0.661. The first-order valence-corrected chi connectivity index (χ1v) is 7.00. The van der Waals surface area contributed by atoms with Gasteiger partial charge in [-0.2, -0.15) is 0 Å². The minimum absolute atomic E-state index is 0.0721. The molecule has 1 aliphatic heterocycles. The summed E-state index contributed by atoms with van der Waals surface area (Å²) in [6, 6.07) is -0.605. The molecule has 20 heavy (non-hydrogen) atoms. The molecule has 0 saturated carbocycles. The number of nitrogens with two attached hydrogens (primary N) is 1. The summed E-state index contributed by atoms with van der Waals surface area (Å²) in [5.74, 6) is -1.40. The van der Waals surface area contributed by atoms with E-state index in [4.69, 9.17) is 10.8 Å².